The summed E-state index contributed by atoms with van der Waals surface area (Å²) in [5, 5.41) is 18.2. The zero-order valence-electron chi connectivity index (χ0n) is 12.4. The van der Waals surface area contributed by atoms with Gasteiger partial charge in [0.15, 0.2) is 0 Å². The summed E-state index contributed by atoms with van der Waals surface area (Å²) in [6.07, 6.45) is 5.40. The van der Waals surface area contributed by atoms with Crippen molar-refractivity contribution in [3.05, 3.63) is 0 Å². The molecule has 0 aliphatic carbocycles. The van der Waals surface area contributed by atoms with E-state index in [2.05, 4.69) is 13.8 Å². The van der Waals surface area contributed by atoms with Crippen LogP contribution in [0.4, 0.5) is 0 Å². The van der Waals surface area contributed by atoms with E-state index in [1.807, 2.05) is 0 Å². The number of hydrogen-bond acceptors (Lipinski definition) is 4. The van der Waals surface area contributed by atoms with Gasteiger partial charge in [0.25, 0.3) is 0 Å². The Kier molecular flexibility index (Phi) is 11.1. The second-order valence-electron chi connectivity index (χ2n) is 5.02. The summed E-state index contributed by atoms with van der Waals surface area (Å²) >= 11 is 0. The Hall–Kier alpha value is -0.360. The molecule has 0 bridgehead atoms. The number of carboxylic acids is 2. The molecule has 0 atom stereocenters. The van der Waals surface area contributed by atoms with Gasteiger partial charge in [0.05, 0.1) is 11.8 Å². The van der Waals surface area contributed by atoms with E-state index in [4.69, 9.17) is 5.11 Å². The molecule has 0 aliphatic rings. The Morgan fingerprint density at radius 3 is 1.95 bits per heavy atom. The van der Waals surface area contributed by atoms with E-state index in [1.165, 1.54) is 21.6 Å². The molecule has 6 heteroatoms. The molecule has 2 N–H and O–H groups in total. The van der Waals surface area contributed by atoms with Crippen LogP contribution < -0.4 is 0 Å². The molecular formula is C14H26O4S2. The highest BCUT2D eigenvalue weighted by molar-refractivity contribution is 8.76. The first-order chi connectivity index (χ1) is 9.48. The van der Waals surface area contributed by atoms with E-state index >= 15 is 0 Å². The van der Waals surface area contributed by atoms with Crippen molar-refractivity contribution in [2.24, 2.45) is 5.41 Å². The first-order valence-electron chi connectivity index (χ1n) is 7.18. The Balaban J connectivity index is 4.40. The maximum atomic E-state index is 11.7. The van der Waals surface area contributed by atoms with Gasteiger partial charge >= 0.3 is 11.9 Å². The minimum Gasteiger partial charge on any atom is -0.481 e. The fourth-order valence-electron chi connectivity index (χ4n) is 1.92. The van der Waals surface area contributed by atoms with E-state index in [0.29, 0.717) is 24.3 Å². The van der Waals surface area contributed by atoms with Gasteiger partial charge in [-0.1, -0.05) is 61.1 Å². The smallest absolute Gasteiger partial charge is 0.310 e. The molecular weight excluding hydrogens is 296 g/mol. The quantitative estimate of drug-likeness (QED) is 0.389. The van der Waals surface area contributed by atoms with Crippen LogP contribution in [0.1, 0.15) is 58.8 Å². The molecule has 0 aliphatic heterocycles. The molecule has 0 heterocycles. The SMILES string of the molecule is CCCCC(CCCC)(CSSCCC(=O)O)C(=O)O. The zero-order valence-corrected chi connectivity index (χ0v) is 14.0. The van der Waals surface area contributed by atoms with Gasteiger partial charge in [-0.05, 0) is 12.8 Å². The summed E-state index contributed by atoms with van der Waals surface area (Å²) < 4.78 is 0. The monoisotopic (exact) mass is 322 g/mol. The van der Waals surface area contributed by atoms with Crippen LogP contribution in [0.3, 0.4) is 0 Å². The van der Waals surface area contributed by atoms with E-state index in [9.17, 15) is 14.7 Å². The lowest BCUT2D eigenvalue weighted by molar-refractivity contribution is -0.148. The minimum atomic E-state index is -0.806. The molecule has 118 valence electrons. The van der Waals surface area contributed by atoms with E-state index in [-0.39, 0.29) is 6.42 Å². The van der Waals surface area contributed by atoms with Crippen molar-refractivity contribution in [3.63, 3.8) is 0 Å². The summed E-state index contributed by atoms with van der Waals surface area (Å²) in [4.78, 5) is 22.1. The normalized spacial score (nSPS) is 11.5. The molecule has 0 aromatic heterocycles. The van der Waals surface area contributed by atoms with Gasteiger partial charge in [-0.2, -0.15) is 0 Å². The van der Waals surface area contributed by atoms with Gasteiger partial charge in [-0.15, -0.1) is 0 Å². The van der Waals surface area contributed by atoms with Crippen molar-refractivity contribution in [2.45, 2.75) is 58.8 Å². The fraction of sp³-hybridized carbons (Fsp3) is 0.857. The van der Waals surface area contributed by atoms with E-state index in [1.54, 1.807) is 0 Å². The van der Waals surface area contributed by atoms with Crippen LogP contribution in [-0.4, -0.2) is 33.7 Å². The lowest BCUT2D eigenvalue weighted by Gasteiger charge is -2.29. The summed E-state index contributed by atoms with van der Waals surface area (Å²) in [5.41, 5.74) is -0.646. The molecule has 0 aromatic rings. The van der Waals surface area contributed by atoms with Crippen LogP contribution in [0.5, 0.6) is 0 Å². The third-order valence-electron chi connectivity index (χ3n) is 3.29. The van der Waals surface area contributed by atoms with Crippen LogP contribution in [0.15, 0.2) is 0 Å². The van der Waals surface area contributed by atoms with Crippen molar-refractivity contribution >= 4 is 33.5 Å². The third-order valence-corrected chi connectivity index (χ3v) is 5.85. The van der Waals surface area contributed by atoms with E-state index in [0.717, 1.165) is 25.7 Å². The molecule has 20 heavy (non-hydrogen) atoms. The van der Waals surface area contributed by atoms with Crippen molar-refractivity contribution in [3.8, 4) is 0 Å². The molecule has 0 spiro atoms. The second-order valence-corrected chi connectivity index (χ2v) is 7.60. The first-order valence-corrected chi connectivity index (χ1v) is 9.67. The van der Waals surface area contributed by atoms with Crippen LogP contribution in [-0.2, 0) is 9.59 Å². The average Bonchev–Trinajstić information content (AvgIpc) is 2.40. The van der Waals surface area contributed by atoms with E-state index < -0.39 is 17.4 Å². The van der Waals surface area contributed by atoms with Gasteiger partial charge in [0.1, 0.15) is 0 Å². The largest absolute Gasteiger partial charge is 0.481 e. The summed E-state index contributed by atoms with van der Waals surface area (Å²) in [6.45, 7) is 4.14. The number of rotatable bonds is 13. The van der Waals surface area contributed by atoms with Gasteiger partial charge in [-0.3, -0.25) is 9.59 Å². The molecule has 0 amide bonds. The summed E-state index contributed by atoms with van der Waals surface area (Å²) in [6, 6.07) is 0. The predicted octanol–water partition coefficient (Wildman–Crippen LogP) is 4.29. The van der Waals surface area contributed by atoms with Gasteiger partial charge < -0.3 is 10.2 Å². The standard InChI is InChI=1S/C14H26O4S2/c1-3-5-8-14(13(17)18,9-6-4-2)11-20-19-10-7-12(15)16/h3-11H2,1-2H3,(H,15,16)(H,17,18). The van der Waals surface area contributed by atoms with Crippen molar-refractivity contribution < 1.29 is 19.8 Å². The second kappa shape index (κ2) is 11.3. The molecule has 4 nitrogen and oxygen atoms in total. The minimum absolute atomic E-state index is 0.127. The lowest BCUT2D eigenvalue weighted by Crippen LogP contribution is -2.33. The Morgan fingerprint density at radius 2 is 1.55 bits per heavy atom. The molecule has 0 fully saturated rings. The van der Waals surface area contributed by atoms with Crippen molar-refractivity contribution in [1.29, 1.82) is 0 Å². The third kappa shape index (κ3) is 8.04. The van der Waals surface area contributed by atoms with Crippen molar-refractivity contribution in [1.82, 2.24) is 0 Å². The van der Waals surface area contributed by atoms with Crippen molar-refractivity contribution in [2.75, 3.05) is 11.5 Å². The molecule has 0 unspecified atom stereocenters. The number of carboxylic acid groups (broad SMARTS) is 2. The fourth-order valence-corrected chi connectivity index (χ4v) is 4.54. The van der Waals surface area contributed by atoms with Crippen LogP contribution in [0.25, 0.3) is 0 Å². The maximum absolute atomic E-state index is 11.7. The summed E-state index contributed by atoms with van der Waals surface area (Å²) in [7, 11) is 2.97. The highest BCUT2D eigenvalue weighted by Gasteiger charge is 2.37. The molecule has 0 radical (unpaired) electrons. The van der Waals surface area contributed by atoms with Gasteiger partial charge in [0, 0.05) is 11.5 Å². The zero-order chi connectivity index (χ0) is 15.4. The molecule has 0 saturated carbocycles. The Labute approximate surface area is 129 Å². The number of aliphatic carboxylic acids is 2. The van der Waals surface area contributed by atoms with Gasteiger partial charge in [0.2, 0.25) is 0 Å². The topological polar surface area (TPSA) is 74.6 Å². The molecule has 0 saturated heterocycles. The van der Waals surface area contributed by atoms with Crippen LogP contribution >= 0.6 is 21.6 Å². The highest BCUT2D eigenvalue weighted by Crippen LogP contribution is 2.39. The predicted molar refractivity (Wildman–Crippen MR) is 86.3 cm³/mol. The lowest BCUT2D eigenvalue weighted by atomic mass is 9.80. The Bertz CT molecular complexity index is 287. The average molecular weight is 322 g/mol. The van der Waals surface area contributed by atoms with Crippen LogP contribution in [0, 0.1) is 5.41 Å². The summed E-state index contributed by atoms with van der Waals surface area (Å²) in [5.74, 6) is -0.422. The van der Waals surface area contributed by atoms with Crippen LogP contribution in [0.2, 0.25) is 0 Å². The first kappa shape index (κ1) is 19.6. The number of hydrogen-bond donors (Lipinski definition) is 2. The number of unbranched alkanes of at least 4 members (excludes halogenated alkanes) is 2. The van der Waals surface area contributed by atoms with Gasteiger partial charge in [-0.25, -0.2) is 0 Å². The molecule has 0 aromatic carbocycles. The maximum Gasteiger partial charge on any atom is 0.310 e. The Morgan fingerprint density at radius 1 is 1.00 bits per heavy atom. The number of carbonyl (C=O) groups is 2. The highest BCUT2D eigenvalue weighted by atomic mass is 33.1. The molecule has 0 rings (SSSR count).